The van der Waals surface area contributed by atoms with Gasteiger partial charge in [0, 0.05) is 0 Å². The zero-order valence-electron chi connectivity index (χ0n) is 12.1. The number of aromatic nitrogens is 2. The molecule has 0 aliphatic rings. The molecule has 20 heavy (non-hydrogen) atoms. The van der Waals surface area contributed by atoms with E-state index in [9.17, 15) is 9.90 Å². The lowest BCUT2D eigenvalue weighted by molar-refractivity contribution is 0.0688. The summed E-state index contributed by atoms with van der Waals surface area (Å²) in [7, 11) is 1.50. The van der Waals surface area contributed by atoms with Crippen molar-refractivity contribution in [1.82, 2.24) is 9.55 Å². The van der Waals surface area contributed by atoms with Crippen LogP contribution in [0.25, 0.3) is 5.69 Å². The van der Waals surface area contributed by atoms with Crippen LogP contribution in [0.3, 0.4) is 0 Å². The zero-order valence-corrected chi connectivity index (χ0v) is 12.1. The molecule has 0 bridgehead atoms. The van der Waals surface area contributed by atoms with Gasteiger partial charge >= 0.3 is 5.97 Å². The smallest absolute Gasteiger partial charge is 0.354 e. The maximum absolute atomic E-state index is 11.2. The first kappa shape index (κ1) is 15.9. The molecule has 0 spiro atoms. The second kappa shape index (κ2) is 7.45. The summed E-state index contributed by atoms with van der Waals surface area (Å²) in [6, 6.07) is 6.07. The van der Waals surface area contributed by atoms with Gasteiger partial charge in [0.2, 0.25) is 0 Å². The van der Waals surface area contributed by atoms with Crippen molar-refractivity contribution in [2.45, 2.75) is 26.7 Å². The molecule has 5 nitrogen and oxygen atoms in total. The molecule has 2 rings (SSSR count). The van der Waals surface area contributed by atoms with Crippen molar-refractivity contribution in [2.75, 3.05) is 7.05 Å². The van der Waals surface area contributed by atoms with E-state index in [1.165, 1.54) is 13.2 Å². The average molecular weight is 275 g/mol. The minimum Gasteiger partial charge on any atom is -0.477 e. The van der Waals surface area contributed by atoms with Gasteiger partial charge in [-0.15, -0.1) is 0 Å². The summed E-state index contributed by atoms with van der Waals surface area (Å²) in [5, 5.41) is 9.18. The molecule has 0 radical (unpaired) electrons. The molecule has 0 atom stereocenters. The predicted octanol–water partition coefficient (Wildman–Crippen LogP) is 2.27. The van der Waals surface area contributed by atoms with Crippen LogP contribution >= 0.6 is 0 Å². The Kier molecular flexibility index (Phi) is 5.93. The molecule has 5 heteroatoms. The lowest BCUT2D eigenvalue weighted by Crippen LogP contribution is -2.10. The Hall–Kier alpha value is -2.14. The second-order valence-corrected chi connectivity index (χ2v) is 4.09. The van der Waals surface area contributed by atoms with Gasteiger partial charge in [0.05, 0.1) is 18.2 Å². The Morgan fingerprint density at radius 2 is 1.80 bits per heavy atom. The molecule has 0 aliphatic heterocycles. The van der Waals surface area contributed by atoms with E-state index in [2.05, 4.69) is 24.6 Å². The molecule has 2 aromatic rings. The van der Waals surface area contributed by atoms with Gasteiger partial charge in [0.15, 0.2) is 5.69 Å². The number of hydrogen-bond acceptors (Lipinski definition) is 3. The first-order valence-corrected chi connectivity index (χ1v) is 6.63. The number of aromatic carboxylic acids is 1. The summed E-state index contributed by atoms with van der Waals surface area (Å²) < 4.78 is 1.67. The predicted molar refractivity (Wildman–Crippen MR) is 79.4 cm³/mol. The topological polar surface area (TPSA) is 81.1 Å². The van der Waals surface area contributed by atoms with Crippen LogP contribution in [0, 0.1) is 0 Å². The van der Waals surface area contributed by atoms with Crippen molar-refractivity contribution in [3.05, 3.63) is 47.5 Å². The summed E-state index contributed by atoms with van der Waals surface area (Å²) in [6.45, 7) is 4.13. The average Bonchev–Trinajstić information content (AvgIpc) is 2.97. The molecule has 0 aliphatic carbocycles. The minimum absolute atomic E-state index is 0.200. The fourth-order valence-corrected chi connectivity index (χ4v) is 2.16. The third-order valence-corrected chi connectivity index (χ3v) is 3.06. The molecule has 108 valence electrons. The maximum Gasteiger partial charge on any atom is 0.354 e. The Bertz CT molecular complexity index is 554. The standard InChI is InChI=1S/C14H16N2O2.CH5N/c1-3-10-6-5-7-11(4-2)13(10)16-9-15-8-12(16)14(17)18;1-2/h5-9H,3-4H2,1-2H3,(H,17,18);2H2,1H3. The summed E-state index contributed by atoms with van der Waals surface area (Å²) in [4.78, 5) is 15.1. The lowest BCUT2D eigenvalue weighted by atomic mass is 10.0. The minimum atomic E-state index is -0.958. The number of carboxylic acid groups (broad SMARTS) is 1. The van der Waals surface area contributed by atoms with Gasteiger partial charge in [-0.3, -0.25) is 4.57 Å². The highest BCUT2D eigenvalue weighted by Gasteiger charge is 2.15. The number of nitrogens with two attached hydrogens (primary N) is 1. The Labute approximate surface area is 119 Å². The highest BCUT2D eigenvalue weighted by Crippen LogP contribution is 2.22. The van der Waals surface area contributed by atoms with E-state index in [1.54, 1.807) is 10.9 Å². The van der Waals surface area contributed by atoms with E-state index in [0.717, 1.165) is 29.7 Å². The summed E-state index contributed by atoms with van der Waals surface area (Å²) in [5.41, 5.74) is 7.92. The van der Waals surface area contributed by atoms with Gasteiger partial charge in [-0.2, -0.15) is 0 Å². The van der Waals surface area contributed by atoms with Crippen molar-refractivity contribution >= 4 is 5.97 Å². The number of hydrogen-bond donors (Lipinski definition) is 2. The van der Waals surface area contributed by atoms with Gasteiger partial charge in [0.25, 0.3) is 0 Å². The van der Waals surface area contributed by atoms with E-state index in [-0.39, 0.29) is 5.69 Å². The molecular formula is C15H21N3O2. The van der Waals surface area contributed by atoms with Crippen LogP contribution in [0.4, 0.5) is 0 Å². The monoisotopic (exact) mass is 275 g/mol. The number of nitrogens with zero attached hydrogens (tertiary/aromatic N) is 2. The van der Waals surface area contributed by atoms with Crippen molar-refractivity contribution < 1.29 is 9.90 Å². The van der Waals surface area contributed by atoms with E-state index >= 15 is 0 Å². The van der Waals surface area contributed by atoms with Gasteiger partial charge in [-0.05, 0) is 31.0 Å². The molecule has 3 N–H and O–H groups in total. The highest BCUT2D eigenvalue weighted by atomic mass is 16.4. The molecule has 1 aromatic carbocycles. The van der Waals surface area contributed by atoms with E-state index in [1.807, 2.05) is 18.2 Å². The van der Waals surface area contributed by atoms with E-state index in [4.69, 9.17) is 0 Å². The highest BCUT2D eigenvalue weighted by molar-refractivity contribution is 5.86. The summed E-state index contributed by atoms with van der Waals surface area (Å²) in [5.74, 6) is -0.958. The van der Waals surface area contributed by atoms with Crippen LogP contribution in [0.15, 0.2) is 30.7 Å². The van der Waals surface area contributed by atoms with Crippen molar-refractivity contribution in [1.29, 1.82) is 0 Å². The number of carboxylic acids is 1. The Morgan fingerprint density at radius 1 is 1.25 bits per heavy atom. The number of rotatable bonds is 4. The van der Waals surface area contributed by atoms with Crippen LogP contribution < -0.4 is 5.73 Å². The molecule has 0 fully saturated rings. The van der Waals surface area contributed by atoms with Gasteiger partial charge in [0.1, 0.15) is 0 Å². The molecule has 0 saturated heterocycles. The number of aryl methyl sites for hydroxylation is 2. The molecular weight excluding hydrogens is 254 g/mol. The second-order valence-electron chi connectivity index (χ2n) is 4.09. The maximum atomic E-state index is 11.2. The number of benzene rings is 1. The third-order valence-electron chi connectivity index (χ3n) is 3.06. The number of carbonyl (C=O) groups is 1. The summed E-state index contributed by atoms with van der Waals surface area (Å²) >= 11 is 0. The number of imidazole rings is 1. The van der Waals surface area contributed by atoms with E-state index < -0.39 is 5.97 Å². The Morgan fingerprint density at radius 3 is 2.25 bits per heavy atom. The number of para-hydroxylation sites is 1. The first-order chi connectivity index (χ1) is 9.69. The molecule has 1 heterocycles. The molecule has 1 aromatic heterocycles. The van der Waals surface area contributed by atoms with Crippen molar-refractivity contribution in [3.8, 4) is 5.69 Å². The molecule has 0 amide bonds. The van der Waals surface area contributed by atoms with E-state index in [0.29, 0.717) is 0 Å². The van der Waals surface area contributed by atoms with Gasteiger partial charge in [-0.25, -0.2) is 9.78 Å². The fraction of sp³-hybridized carbons (Fsp3) is 0.333. The van der Waals surface area contributed by atoms with Crippen molar-refractivity contribution in [2.24, 2.45) is 5.73 Å². The Balaban J connectivity index is 0.000000956. The SMILES string of the molecule is CCc1cccc(CC)c1-n1cncc1C(=O)O.CN. The van der Waals surface area contributed by atoms with Crippen LogP contribution in [-0.2, 0) is 12.8 Å². The normalized spacial score (nSPS) is 9.80. The van der Waals surface area contributed by atoms with Crippen LogP contribution in [0.1, 0.15) is 35.5 Å². The zero-order chi connectivity index (χ0) is 15.1. The fourth-order valence-electron chi connectivity index (χ4n) is 2.16. The summed E-state index contributed by atoms with van der Waals surface area (Å²) in [6.07, 6.45) is 4.67. The van der Waals surface area contributed by atoms with Crippen LogP contribution in [-0.4, -0.2) is 27.7 Å². The first-order valence-electron chi connectivity index (χ1n) is 6.63. The largest absolute Gasteiger partial charge is 0.477 e. The third kappa shape index (κ3) is 3.05. The molecule has 0 saturated carbocycles. The van der Waals surface area contributed by atoms with Gasteiger partial charge < -0.3 is 10.8 Å². The quantitative estimate of drug-likeness (QED) is 0.897. The lowest BCUT2D eigenvalue weighted by Gasteiger charge is -2.15. The van der Waals surface area contributed by atoms with Gasteiger partial charge in [-0.1, -0.05) is 32.0 Å². The molecule has 0 unspecified atom stereocenters. The van der Waals surface area contributed by atoms with Crippen LogP contribution in [0.5, 0.6) is 0 Å². The van der Waals surface area contributed by atoms with Crippen molar-refractivity contribution in [3.63, 3.8) is 0 Å². The van der Waals surface area contributed by atoms with Crippen LogP contribution in [0.2, 0.25) is 0 Å².